The van der Waals surface area contributed by atoms with E-state index in [0.717, 1.165) is 18.8 Å². The van der Waals surface area contributed by atoms with Crippen molar-refractivity contribution in [2.45, 2.75) is 13.3 Å². The van der Waals surface area contributed by atoms with Crippen LogP contribution in [0.15, 0.2) is 30.7 Å². The van der Waals surface area contributed by atoms with Crippen molar-refractivity contribution in [1.82, 2.24) is 14.8 Å². The molecule has 0 bridgehead atoms. The zero-order valence-corrected chi connectivity index (χ0v) is 9.64. The summed E-state index contributed by atoms with van der Waals surface area (Å²) in [6.45, 7) is 2.93. The predicted molar refractivity (Wildman–Crippen MR) is 64.4 cm³/mol. The van der Waals surface area contributed by atoms with E-state index in [9.17, 15) is 0 Å². The number of hydrogen-bond acceptors (Lipinski definition) is 3. The van der Waals surface area contributed by atoms with Crippen LogP contribution in [0.2, 0.25) is 0 Å². The van der Waals surface area contributed by atoms with E-state index in [0.29, 0.717) is 0 Å². The van der Waals surface area contributed by atoms with Gasteiger partial charge in [0.05, 0.1) is 6.20 Å². The van der Waals surface area contributed by atoms with Gasteiger partial charge in [-0.2, -0.15) is 5.10 Å². The van der Waals surface area contributed by atoms with Crippen LogP contribution in [-0.2, 0) is 13.5 Å². The van der Waals surface area contributed by atoms with Crippen molar-refractivity contribution >= 4 is 5.82 Å². The van der Waals surface area contributed by atoms with Crippen molar-refractivity contribution in [2.75, 3.05) is 11.9 Å². The molecule has 0 aliphatic rings. The molecule has 0 amide bonds. The Labute approximate surface area is 95.3 Å². The lowest BCUT2D eigenvalue weighted by Gasteiger charge is -2.06. The van der Waals surface area contributed by atoms with Crippen LogP contribution in [0, 0.1) is 6.92 Å². The molecule has 2 heterocycles. The maximum atomic E-state index is 4.28. The van der Waals surface area contributed by atoms with Crippen LogP contribution in [-0.4, -0.2) is 21.3 Å². The average Bonchev–Trinajstić information content (AvgIpc) is 2.67. The topological polar surface area (TPSA) is 42.7 Å². The Morgan fingerprint density at radius 1 is 1.44 bits per heavy atom. The highest BCUT2D eigenvalue weighted by Crippen LogP contribution is 2.09. The molecular weight excluding hydrogens is 200 g/mol. The van der Waals surface area contributed by atoms with Crippen LogP contribution in [0.1, 0.15) is 11.1 Å². The summed E-state index contributed by atoms with van der Waals surface area (Å²) in [7, 11) is 1.93. The molecule has 2 rings (SSSR count). The van der Waals surface area contributed by atoms with Gasteiger partial charge in [-0.25, -0.2) is 4.98 Å². The number of rotatable bonds is 4. The van der Waals surface area contributed by atoms with Crippen molar-refractivity contribution in [2.24, 2.45) is 7.05 Å². The summed E-state index contributed by atoms with van der Waals surface area (Å²) in [5.41, 5.74) is 2.41. The van der Waals surface area contributed by atoms with Gasteiger partial charge in [0.2, 0.25) is 0 Å². The highest BCUT2D eigenvalue weighted by Gasteiger charge is 1.99. The maximum absolute atomic E-state index is 4.28. The number of nitrogens with zero attached hydrogens (tertiary/aromatic N) is 3. The third kappa shape index (κ3) is 2.59. The summed E-state index contributed by atoms with van der Waals surface area (Å²) in [4.78, 5) is 4.28. The van der Waals surface area contributed by atoms with Crippen molar-refractivity contribution in [3.8, 4) is 0 Å². The van der Waals surface area contributed by atoms with Crippen LogP contribution in [0.4, 0.5) is 5.82 Å². The molecule has 0 saturated carbocycles. The normalized spacial score (nSPS) is 10.4. The maximum Gasteiger partial charge on any atom is 0.128 e. The molecular formula is C12H16N4. The number of pyridine rings is 1. The minimum absolute atomic E-state index is 0.879. The SMILES string of the molecule is Cc1cccnc1NCCc1cnn(C)c1. The third-order valence-electron chi connectivity index (χ3n) is 2.47. The van der Waals surface area contributed by atoms with Crippen LogP contribution in [0.25, 0.3) is 0 Å². The molecule has 2 aromatic heterocycles. The smallest absolute Gasteiger partial charge is 0.128 e. The van der Waals surface area contributed by atoms with Crippen LogP contribution >= 0.6 is 0 Å². The molecule has 0 atom stereocenters. The molecule has 0 aromatic carbocycles. The van der Waals surface area contributed by atoms with Gasteiger partial charge in [-0.3, -0.25) is 4.68 Å². The first-order valence-electron chi connectivity index (χ1n) is 5.39. The first-order valence-corrected chi connectivity index (χ1v) is 5.39. The van der Waals surface area contributed by atoms with E-state index < -0.39 is 0 Å². The lowest BCUT2D eigenvalue weighted by Crippen LogP contribution is -2.07. The molecule has 0 fully saturated rings. The minimum Gasteiger partial charge on any atom is -0.370 e. The van der Waals surface area contributed by atoms with E-state index in [-0.39, 0.29) is 0 Å². The van der Waals surface area contributed by atoms with Gasteiger partial charge < -0.3 is 5.32 Å². The van der Waals surface area contributed by atoms with Crippen LogP contribution in [0.5, 0.6) is 0 Å². The van der Waals surface area contributed by atoms with Crippen molar-refractivity contribution < 1.29 is 0 Å². The van der Waals surface area contributed by atoms with Crippen molar-refractivity contribution in [1.29, 1.82) is 0 Å². The molecule has 4 nitrogen and oxygen atoms in total. The largest absolute Gasteiger partial charge is 0.370 e. The summed E-state index contributed by atoms with van der Waals surface area (Å²) < 4.78 is 1.82. The monoisotopic (exact) mass is 216 g/mol. The summed E-state index contributed by atoms with van der Waals surface area (Å²) in [6.07, 6.45) is 6.70. The van der Waals surface area contributed by atoms with Gasteiger partial charge in [0, 0.05) is 26.0 Å². The second-order valence-electron chi connectivity index (χ2n) is 3.87. The van der Waals surface area contributed by atoms with E-state index in [1.165, 1.54) is 11.1 Å². The summed E-state index contributed by atoms with van der Waals surface area (Å²) in [6, 6.07) is 4.00. The number of nitrogens with one attached hydrogen (secondary N) is 1. The molecule has 0 aliphatic carbocycles. The molecule has 0 saturated heterocycles. The zero-order chi connectivity index (χ0) is 11.4. The number of aryl methyl sites for hydroxylation is 2. The summed E-state index contributed by atoms with van der Waals surface area (Å²) in [5, 5.41) is 7.46. The van der Waals surface area contributed by atoms with E-state index in [4.69, 9.17) is 0 Å². The fourth-order valence-electron chi connectivity index (χ4n) is 1.60. The fraction of sp³-hybridized carbons (Fsp3) is 0.333. The first-order chi connectivity index (χ1) is 7.75. The number of hydrogen-bond donors (Lipinski definition) is 1. The minimum atomic E-state index is 0.879. The molecule has 0 radical (unpaired) electrons. The molecule has 0 aliphatic heterocycles. The second kappa shape index (κ2) is 4.79. The van der Waals surface area contributed by atoms with E-state index in [1.54, 1.807) is 6.20 Å². The Hall–Kier alpha value is -1.84. The average molecular weight is 216 g/mol. The number of aromatic nitrogens is 3. The third-order valence-corrected chi connectivity index (χ3v) is 2.47. The van der Waals surface area contributed by atoms with E-state index >= 15 is 0 Å². The molecule has 2 aromatic rings. The van der Waals surface area contributed by atoms with E-state index in [1.807, 2.05) is 30.2 Å². The van der Waals surface area contributed by atoms with Crippen LogP contribution in [0.3, 0.4) is 0 Å². The Balaban J connectivity index is 1.87. The van der Waals surface area contributed by atoms with Gasteiger partial charge in [0.15, 0.2) is 0 Å². The molecule has 84 valence electrons. The molecule has 16 heavy (non-hydrogen) atoms. The Morgan fingerprint density at radius 2 is 2.31 bits per heavy atom. The lowest BCUT2D eigenvalue weighted by atomic mass is 10.2. The van der Waals surface area contributed by atoms with Gasteiger partial charge in [-0.1, -0.05) is 6.07 Å². The fourth-order valence-corrected chi connectivity index (χ4v) is 1.60. The summed E-state index contributed by atoms with van der Waals surface area (Å²) in [5.74, 6) is 0.964. The van der Waals surface area contributed by atoms with Gasteiger partial charge in [-0.15, -0.1) is 0 Å². The number of anilines is 1. The van der Waals surface area contributed by atoms with Gasteiger partial charge in [-0.05, 0) is 30.5 Å². The quantitative estimate of drug-likeness (QED) is 0.847. The van der Waals surface area contributed by atoms with Gasteiger partial charge >= 0.3 is 0 Å². The van der Waals surface area contributed by atoms with Crippen LogP contribution < -0.4 is 5.32 Å². The van der Waals surface area contributed by atoms with Gasteiger partial charge in [0.1, 0.15) is 5.82 Å². The van der Waals surface area contributed by atoms with Crippen molar-refractivity contribution in [3.63, 3.8) is 0 Å². The highest BCUT2D eigenvalue weighted by atomic mass is 15.2. The molecule has 1 N–H and O–H groups in total. The first kappa shape index (κ1) is 10.7. The second-order valence-corrected chi connectivity index (χ2v) is 3.87. The Morgan fingerprint density at radius 3 is 3.00 bits per heavy atom. The summed E-state index contributed by atoms with van der Waals surface area (Å²) >= 11 is 0. The van der Waals surface area contributed by atoms with Crippen molar-refractivity contribution in [3.05, 3.63) is 41.9 Å². The molecule has 0 unspecified atom stereocenters. The highest BCUT2D eigenvalue weighted by molar-refractivity contribution is 5.42. The lowest BCUT2D eigenvalue weighted by molar-refractivity contribution is 0.767. The predicted octanol–water partition coefficient (Wildman–Crippen LogP) is 1.78. The zero-order valence-electron chi connectivity index (χ0n) is 9.64. The van der Waals surface area contributed by atoms with E-state index in [2.05, 4.69) is 28.4 Å². The Bertz CT molecular complexity index is 462. The van der Waals surface area contributed by atoms with Gasteiger partial charge in [0.25, 0.3) is 0 Å². The molecule has 4 heteroatoms. The molecule has 0 spiro atoms. The standard InChI is InChI=1S/C12H16N4/c1-10-4-3-6-13-12(10)14-7-5-11-8-15-16(2)9-11/h3-4,6,8-9H,5,7H2,1-2H3,(H,13,14). The Kier molecular flexibility index (Phi) is 3.19.